The number of phenolic OH excluding ortho intramolecular Hbond substituents is 1. The van der Waals surface area contributed by atoms with Crippen molar-refractivity contribution in [1.82, 2.24) is 9.97 Å². The monoisotopic (exact) mass is 493 g/mol. The van der Waals surface area contributed by atoms with Crippen molar-refractivity contribution in [3.8, 4) is 62.8 Å². The van der Waals surface area contributed by atoms with E-state index < -0.39 is 17.1 Å². The zero-order valence-corrected chi connectivity index (χ0v) is 19.6. The van der Waals surface area contributed by atoms with Crippen LogP contribution in [0.3, 0.4) is 0 Å². The third-order valence-corrected chi connectivity index (χ3v) is 5.24. The molecule has 0 spiro atoms. The molecule has 0 bridgehead atoms. The molecule has 0 unspecified atom stereocenters. The number of aromatic hydroxyl groups is 2. The number of hydrogen-bond acceptors (Lipinski definition) is 9. The Morgan fingerprint density at radius 3 is 2.42 bits per heavy atom. The van der Waals surface area contributed by atoms with Crippen LogP contribution >= 0.6 is 0 Å². The molecule has 186 valence electrons. The SMILES string of the molecule is COc1cc(-c2nc(-c3ccc(OC)c(OCC(N)=O)c3)[nH]c2-c2oc(C)cc(=O)c2O)ccc1O. The predicted octanol–water partition coefficient (Wildman–Crippen LogP) is 2.96. The number of benzene rings is 2. The van der Waals surface area contributed by atoms with Gasteiger partial charge in [-0.1, -0.05) is 0 Å². The molecule has 36 heavy (non-hydrogen) atoms. The van der Waals surface area contributed by atoms with Crippen LogP contribution < -0.4 is 25.4 Å². The summed E-state index contributed by atoms with van der Waals surface area (Å²) in [6.07, 6.45) is 0. The quantitative estimate of drug-likeness (QED) is 0.288. The molecule has 2 aromatic carbocycles. The average molecular weight is 493 g/mol. The summed E-state index contributed by atoms with van der Waals surface area (Å²) >= 11 is 0. The summed E-state index contributed by atoms with van der Waals surface area (Å²) in [5.41, 5.74) is 6.13. The van der Waals surface area contributed by atoms with Crippen LogP contribution in [0.5, 0.6) is 28.7 Å². The van der Waals surface area contributed by atoms with Gasteiger partial charge >= 0.3 is 0 Å². The highest BCUT2D eigenvalue weighted by Crippen LogP contribution is 2.40. The number of phenols is 1. The third kappa shape index (κ3) is 4.67. The first-order chi connectivity index (χ1) is 17.2. The van der Waals surface area contributed by atoms with Crippen molar-refractivity contribution in [2.75, 3.05) is 20.8 Å². The Balaban J connectivity index is 1.93. The smallest absolute Gasteiger partial charge is 0.255 e. The van der Waals surface area contributed by atoms with E-state index in [-0.39, 0.29) is 41.1 Å². The van der Waals surface area contributed by atoms with E-state index >= 15 is 0 Å². The van der Waals surface area contributed by atoms with Crippen LogP contribution in [0.15, 0.2) is 51.7 Å². The van der Waals surface area contributed by atoms with Gasteiger partial charge < -0.3 is 39.6 Å². The lowest BCUT2D eigenvalue weighted by Crippen LogP contribution is -2.20. The molecule has 5 N–H and O–H groups in total. The molecule has 2 heterocycles. The lowest BCUT2D eigenvalue weighted by Gasteiger charge is -2.10. The standard InChI is InChI=1S/C25H23N3O8/c1-12-8-16(30)23(32)24(36-12)22-21(13-4-6-15(29)18(9-13)34-3)27-25(28-22)14-5-7-17(33-2)19(10-14)35-11-20(26)31/h4-10,29,32H,11H2,1-3H3,(H2,26,31)(H,27,28). The summed E-state index contributed by atoms with van der Waals surface area (Å²) in [5, 5.41) is 20.5. The first-order valence-electron chi connectivity index (χ1n) is 10.6. The topological polar surface area (TPSA) is 170 Å². The van der Waals surface area contributed by atoms with Gasteiger partial charge in [0.05, 0.1) is 14.2 Å². The molecule has 0 fully saturated rings. The van der Waals surface area contributed by atoms with Gasteiger partial charge in [-0.2, -0.15) is 0 Å². The number of carbonyl (C=O) groups is 1. The van der Waals surface area contributed by atoms with Crippen molar-refractivity contribution >= 4 is 5.91 Å². The van der Waals surface area contributed by atoms with E-state index in [0.29, 0.717) is 28.4 Å². The van der Waals surface area contributed by atoms with E-state index in [9.17, 15) is 19.8 Å². The molecule has 11 nitrogen and oxygen atoms in total. The average Bonchev–Trinajstić information content (AvgIpc) is 3.30. The van der Waals surface area contributed by atoms with Crippen LogP contribution in [0, 0.1) is 6.92 Å². The molecule has 0 saturated carbocycles. The zero-order chi connectivity index (χ0) is 26.0. The van der Waals surface area contributed by atoms with E-state index in [1.54, 1.807) is 37.3 Å². The maximum absolute atomic E-state index is 12.3. The highest BCUT2D eigenvalue weighted by atomic mass is 16.5. The maximum Gasteiger partial charge on any atom is 0.255 e. The highest BCUT2D eigenvalue weighted by Gasteiger charge is 2.23. The molecule has 0 aliphatic rings. The van der Waals surface area contributed by atoms with Gasteiger partial charge in [0, 0.05) is 17.2 Å². The molecule has 0 atom stereocenters. The number of rotatable bonds is 8. The normalized spacial score (nSPS) is 10.8. The summed E-state index contributed by atoms with van der Waals surface area (Å²) in [6, 6.07) is 10.7. The number of aryl methyl sites for hydroxylation is 1. The lowest BCUT2D eigenvalue weighted by molar-refractivity contribution is -0.119. The van der Waals surface area contributed by atoms with E-state index in [2.05, 4.69) is 9.97 Å². The number of methoxy groups -OCH3 is 2. The van der Waals surface area contributed by atoms with Crippen LogP contribution in [0.25, 0.3) is 34.1 Å². The molecular weight excluding hydrogens is 470 g/mol. The van der Waals surface area contributed by atoms with E-state index in [4.69, 9.17) is 24.4 Å². The Bertz CT molecular complexity index is 1510. The van der Waals surface area contributed by atoms with Gasteiger partial charge in [0.15, 0.2) is 35.4 Å². The summed E-state index contributed by atoms with van der Waals surface area (Å²) < 4.78 is 21.7. The molecule has 2 aromatic heterocycles. The number of H-pyrrole nitrogens is 1. The molecular formula is C25H23N3O8. The molecule has 0 saturated heterocycles. The van der Waals surface area contributed by atoms with Crippen molar-refractivity contribution in [1.29, 1.82) is 0 Å². The van der Waals surface area contributed by atoms with Gasteiger partial charge in [-0.25, -0.2) is 4.98 Å². The summed E-state index contributed by atoms with van der Waals surface area (Å²) in [4.78, 5) is 31.2. The van der Waals surface area contributed by atoms with Crippen LogP contribution in [0.1, 0.15) is 5.76 Å². The number of aromatic amines is 1. The van der Waals surface area contributed by atoms with Crippen LogP contribution in [0.4, 0.5) is 0 Å². The maximum atomic E-state index is 12.3. The number of primary amides is 1. The van der Waals surface area contributed by atoms with Gasteiger partial charge in [0.2, 0.25) is 11.2 Å². The van der Waals surface area contributed by atoms with Gasteiger partial charge in [-0.15, -0.1) is 0 Å². The molecule has 0 radical (unpaired) electrons. The fourth-order valence-electron chi connectivity index (χ4n) is 3.57. The Morgan fingerprint density at radius 2 is 1.72 bits per heavy atom. The van der Waals surface area contributed by atoms with E-state index in [1.165, 1.54) is 26.4 Å². The Hall–Kier alpha value is -4.93. The van der Waals surface area contributed by atoms with Crippen molar-refractivity contribution < 1.29 is 33.6 Å². The van der Waals surface area contributed by atoms with Gasteiger partial charge in [-0.05, 0) is 43.3 Å². The van der Waals surface area contributed by atoms with Crippen molar-refractivity contribution in [3.63, 3.8) is 0 Å². The second kappa shape index (κ2) is 9.74. The fraction of sp³-hybridized carbons (Fsp3) is 0.160. The highest BCUT2D eigenvalue weighted by molar-refractivity contribution is 5.82. The number of nitrogens with one attached hydrogen (secondary N) is 1. The first-order valence-corrected chi connectivity index (χ1v) is 10.6. The Morgan fingerprint density at radius 1 is 1.03 bits per heavy atom. The number of carbonyl (C=O) groups excluding carboxylic acids is 1. The number of imidazole rings is 1. The van der Waals surface area contributed by atoms with Crippen LogP contribution in [-0.2, 0) is 4.79 Å². The largest absolute Gasteiger partial charge is 0.504 e. The second-order valence-electron chi connectivity index (χ2n) is 7.72. The van der Waals surface area contributed by atoms with Gasteiger partial charge in [0.1, 0.15) is 23.0 Å². The van der Waals surface area contributed by atoms with Crippen LogP contribution in [0.2, 0.25) is 0 Å². The van der Waals surface area contributed by atoms with Gasteiger partial charge in [0.25, 0.3) is 5.91 Å². The third-order valence-electron chi connectivity index (χ3n) is 5.24. The van der Waals surface area contributed by atoms with Crippen molar-refractivity contribution in [3.05, 3.63) is 58.4 Å². The van der Waals surface area contributed by atoms with Crippen LogP contribution in [-0.4, -0.2) is 46.9 Å². The number of ether oxygens (including phenoxy) is 3. The molecule has 4 aromatic rings. The predicted molar refractivity (Wildman–Crippen MR) is 129 cm³/mol. The minimum atomic E-state index is -0.656. The van der Waals surface area contributed by atoms with E-state index in [0.717, 1.165) is 0 Å². The Kier molecular flexibility index (Phi) is 6.55. The molecule has 1 amide bonds. The molecule has 11 heteroatoms. The Labute approximate surface area is 204 Å². The summed E-state index contributed by atoms with van der Waals surface area (Å²) in [7, 11) is 2.86. The number of nitrogens with zero attached hydrogens (tertiary/aromatic N) is 1. The van der Waals surface area contributed by atoms with Crippen molar-refractivity contribution in [2.45, 2.75) is 6.92 Å². The minimum absolute atomic E-state index is 0.0742. The number of hydrogen-bond donors (Lipinski definition) is 4. The van der Waals surface area contributed by atoms with E-state index in [1.807, 2.05) is 0 Å². The molecule has 0 aliphatic heterocycles. The number of aromatic nitrogens is 2. The zero-order valence-electron chi connectivity index (χ0n) is 19.6. The molecule has 0 aliphatic carbocycles. The van der Waals surface area contributed by atoms with Gasteiger partial charge in [-0.3, -0.25) is 9.59 Å². The fourth-order valence-corrected chi connectivity index (χ4v) is 3.57. The van der Waals surface area contributed by atoms with Crippen molar-refractivity contribution in [2.24, 2.45) is 5.73 Å². The molecule has 4 rings (SSSR count). The minimum Gasteiger partial charge on any atom is -0.504 e. The first kappa shape index (κ1) is 24.2. The second-order valence-corrected chi connectivity index (χ2v) is 7.72. The number of nitrogens with two attached hydrogens (primary N) is 1. The summed E-state index contributed by atoms with van der Waals surface area (Å²) in [6.45, 7) is 1.22. The number of amides is 1. The summed E-state index contributed by atoms with van der Waals surface area (Å²) in [5.74, 6) is -0.00718. The lowest BCUT2D eigenvalue weighted by atomic mass is 10.1.